The number of ether oxygens (including phenoxy) is 2. The van der Waals surface area contributed by atoms with E-state index >= 15 is 0 Å². The van der Waals surface area contributed by atoms with Crippen molar-refractivity contribution in [2.24, 2.45) is 5.73 Å². The summed E-state index contributed by atoms with van der Waals surface area (Å²) in [5.41, 5.74) is 6.22. The fourth-order valence-corrected chi connectivity index (χ4v) is 2.22. The average molecular weight is 368 g/mol. The molecule has 8 heteroatoms. The van der Waals surface area contributed by atoms with Gasteiger partial charge in [-0.1, -0.05) is 18.2 Å². The number of hydrogen-bond acceptors (Lipinski definition) is 4. The van der Waals surface area contributed by atoms with Crippen molar-refractivity contribution in [1.29, 1.82) is 0 Å². The Hall–Kier alpha value is -2.74. The Bertz CT molecular complexity index is 718. The standard InChI is InChI=1S/C18H19F3N2O3/c19-18(20,21)26-16-4-2-1-3-13(16)5-10-17(24)23-14-6-8-15(9-7-14)25-12-11-22/h1-4,6-9H,5,10-12,22H2,(H,23,24). The Balaban J connectivity index is 1.89. The van der Waals surface area contributed by atoms with Gasteiger partial charge < -0.3 is 20.5 Å². The van der Waals surface area contributed by atoms with Crippen LogP contribution in [0.2, 0.25) is 0 Å². The molecule has 0 unspecified atom stereocenters. The molecule has 0 aliphatic heterocycles. The zero-order valence-corrected chi connectivity index (χ0v) is 13.9. The monoisotopic (exact) mass is 368 g/mol. The number of carbonyl (C=O) groups is 1. The maximum Gasteiger partial charge on any atom is 0.573 e. The second-order valence-corrected chi connectivity index (χ2v) is 5.37. The third kappa shape index (κ3) is 6.64. The van der Waals surface area contributed by atoms with Gasteiger partial charge in [-0.25, -0.2) is 0 Å². The van der Waals surface area contributed by atoms with Gasteiger partial charge in [-0.15, -0.1) is 13.2 Å². The molecule has 140 valence electrons. The Morgan fingerprint density at radius 1 is 1.08 bits per heavy atom. The third-order valence-corrected chi connectivity index (χ3v) is 3.34. The molecule has 0 saturated carbocycles. The van der Waals surface area contributed by atoms with Crippen LogP contribution in [0.3, 0.4) is 0 Å². The molecule has 0 bridgehead atoms. The number of para-hydroxylation sites is 1. The first kappa shape index (κ1) is 19.6. The van der Waals surface area contributed by atoms with Gasteiger partial charge in [-0.05, 0) is 42.3 Å². The lowest BCUT2D eigenvalue weighted by atomic mass is 10.1. The number of nitrogens with one attached hydrogen (secondary N) is 1. The van der Waals surface area contributed by atoms with Crippen molar-refractivity contribution < 1.29 is 27.4 Å². The van der Waals surface area contributed by atoms with E-state index < -0.39 is 6.36 Å². The fraction of sp³-hybridized carbons (Fsp3) is 0.278. The molecular weight excluding hydrogens is 349 g/mol. The highest BCUT2D eigenvalue weighted by Gasteiger charge is 2.31. The van der Waals surface area contributed by atoms with Crippen LogP contribution in [0.15, 0.2) is 48.5 Å². The summed E-state index contributed by atoms with van der Waals surface area (Å²) in [4.78, 5) is 12.0. The van der Waals surface area contributed by atoms with Crippen molar-refractivity contribution in [3.05, 3.63) is 54.1 Å². The molecule has 1 amide bonds. The van der Waals surface area contributed by atoms with Crippen LogP contribution in [0.1, 0.15) is 12.0 Å². The van der Waals surface area contributed by atoms with Crippen molar-refractivity contribution in [1.82, 2.24) is 0 Å². The maximum atomic E-state index is 12.4. The van der Waals surface area contributed by atoms with Crippen molar-refractivity contribution >= 4 is 11.6 Å². The molecule has 2 rings (SSSR count). The van der Waals surface area contributed by atoms with Crippen molar-refractivity contribution in [2.75, 3.05) is 18.5 Å². The molecule has 0 heterocycles. The molecule has 0 aromatic heterocycles. The minimum absolute atomic E-state index is 0.0175. The lowest BCUT2D eigenvalue weighted by Gasteiger charge is -2.13. The molecule has 5 nitrogen and oxygen atoms in total. The highest BCUT2D eigenvalue weighted by atomic mass is 19.4. The SMILES string of the molecule is NCCOc1ccc(NC(=O)CCc2ccccc2OC(F)(F)F)cc1. The number of carbonyl (C=O) groups excluding carboxylic acids is 1. The predicted octanol–water partition coefficient (Wildman–Crippen LogP) is 3.49. The number of alkyl halides is 3. The zero-order chi connectivity index (χ0) is 19.0. The van der Waals surface area contributed by atoms with E-state index in [-0.39, 0.29) is 24.5 Å². The first-order chi connectivity index (χ1) is 12.4. The number of anilines is 1. The second-order valence-electron chi connectivity index (χ2n) is 5.37. The van der Waals surface area contributed by atoms with E-state index in [0.29, 0.717) is 30.2 Å². The van der Waals surface area contributed by atoms with Gasteiger partial charge in [0.05, 0.1) is 0 Å². The second kappa shape index (κ2) is 9.10. The molecule has 0 spiro atoms. The molecule has 26 heavy (non-hydrogen) atoms. The van der Waals surface area contributed by atoms with Gasteiger partial charge in [0.2, 0.25) is 5.91 Å². The lowest BCUT2D eigenvalue weighted by molar-refractivity contribution is -0.274. The number of hydrogen-bond donors (Lipinski definition) is 2. The highest BCUT2D eigenvalue weighted by molar-refractivity contribution is 5.90. The Morgan fingerprint density at radius 2 is 1.77 bits per heavy atom. The molecule has 0 radical (unpaired) electrons. The van der Waals surface area contributed by atoms with Gasteiger partial charge in [-0.3, -0.25) is 4.79 Å². The summed E-state index contributed by atoms with van der Waals surface area (Å²) in [6.07, 6.45) is -4.63. The van der Waals surface area contributed by atoms with Crippen LogP contribution in [0, 0.1) is 0 Å². The number of benzene rings is 2. The van der Waals surface area contributed by atoms with Crippen LogP contribution in [0.4, 0.5) is 18.9 Å². The normalized spacial score (nSPS) is 11.1. The molecule has 2 aromatic carbocycles. The van der Waals surface area contributed by atoms with E-state index in [1.54, 1.807) is 30.3 Å². The quantitative estimate of drug-likeness (QED) is 0.748. The molecule has 0 atom stereocenters. The van der Waals surface area contributed by atoms with Crippen molar-refractivity contribution in [2.45, 2.75) is 19.2 Å². The highest BCUT2D eigenvalue weighted by Crippen LogP contribution is 2.27. The van der Waals surface area contributed by atoms with Crippen LogP contribution in [0.25, 0.3) is 0 Å². The summed E-state index contributed by atoms with van der Waals surface area (Å²) in [6.45, 7) is 0.795. The molecule has 0 aliphatic rings. The first-order valence-electron chi connectivity index (χ1n) is 7.94. The van der Waals surface area contributed by atoms with Crippen LogP contribution >= 0.6 is 0 Å². The minimum Gasteiger partial charge on any atom is -0.492 e. The molecule has 0 saturated heterocycles. The number of rotatable bonds is 8. The van der Waals surface area contributed by atoms with Gasteiger partial charge >= 0.3 is 6.36 Å². The first-order valence-corrected chi connectivity index (χ1v) is 7.94. The third-order valence-electron chi connectivity index (χ3n) is 3.34. The minimum atomic E-state index is -4.77. The van der Waals surface area contributed by atoms with E-state index in [1.165, 1.54) is 18.2 Å². The fourth-order valence-electron chi connectivity index (χ4n) is 2.22. The topological polar surface area (TPSA) is 73.6 Å². The number of halogens is 3. The van der Waals surface area contributed by atoms with Crippen LogP contribution in [-0.2, 0) is 11.2 Å². The van der Waals surface area contributed by atoms with Crippen molar-refractivity contribution in [3.8, 4) is 11.5 Å². The van der Waals surface area contributed by atoms with E-state index in [4.69, 9.17) is 10.5 Å². The van der Waals surface area contributed by atoms with E-state index in [0.717, 1.165) is 0 Å². The van der Waals surface area contributed by atoms with E-state index in [9.17, 15) is 18.0 Å². The van der Waals surface area contributed by atoms with Gasteiger partial charge in [0.1, 0.15) is 18.1 Å². The lowest BCUT2D eigenvalue weighted by Crippen LogP contribution is -2.18. The van der Waals surface area contributed by atoms with Gasteiger partial charge in [-0.2, -0.15) is 0 Å². The van der Waals surface area contributed by atoms with Crippen LogP contribution in [-0.4, -0.2) is 25.4 Å². The molecule has 0 aliphatic carbocycles. The summed E-state index contributed by atoms with van der Waals surface area (Å²) in [7, 11) is 0. The smallest absolute Gasteiger partial charge is 0.492 e. The summed E-state index contributed by atoms with van der Waals surface area (Å²) in [5, 5.41) is 2.68. The van der Waals surface area contributed by atoms with Crippen LogP contribution in [0.5, 0.6) is 11.5 Å². The molecule has 0 fully saturated rings. The van der Waals surface area contributed by atoms with E-state index in [1.807, 2.05) is 0 Å². The van der Waals surface area contributed by atoms with Crippen molar-refractivity contribution in [3.63, 3.8) is 0 Å². The number of nitrogens with two attached hydrogens (primary N) is 1. The summed E-state index contributed by atoms with van der Waals surface area (Å²) in [6, 6.07) is 12.5. The molecular formula is C18H19F3N2O3. The zero-order valence-electron chi connectivity index (χ0n) is 13.9. The average Bonchev–Trinajstić information content (AvgIpc) is 2.59. The van der Waals surface area contributed by atoms with Gasteiger partial charge in [0.15, 0.2) is 0 Å². The Labute approximate surface area is 148 Å². The number of amides is 1. The molecule has 3 N–H and O–H groups in total. The van der Waals surface area contributed by atoms with Gasteiger partial charge in [0, 0.05) is 18.7 Å². The summed E-state index contributed by atoms with van der Waals surface area (Å²) < 4.78 is 46.5. The van der Waals surface area contributed by atoms with E-state index in [2.05, 4.69) is 10.1 Å². The number of aryl methyl sites for hydroxylation is 1. The Morgan fingerprint density at radius 3 is 2.42 bits per heavy atom. The molecule has 2 aromatic rings. The van der Waals surface area contributed by atoms with Crippen LogP contribution < -0.4 is 20.5 Å². The summed E-state index contributed by atoms with van der Waals surface area (Å²) in [5.74, 6) is 0.0170. The predicted molar refractivity (Wildman–Crippen MR) is 91.1 cm³/mol. The maximum absolute atomic E-state index is 12.4. The largest absolute Gasteiger partial charge is 0.573 e. The Kier molecular flexibility index (Phi) is 6.85. The van der Waals surface area contributed by atoms with Gasteiger partial charge in [0.25, 0.3) is 0 Å². The summed E-state index contributed by atoms with van der Waals surface area (Å²) >= 11 is 0.